The minimum atomic E-state index is -0.583. The number of esters is 1. The van der Waals surface area contributed by atoms with E-state index in [1.165, 1.54) is 0 Å². The smallest absolute Gasteiger partial charge is 0.315 e. The van der Waals surface area contributed by atoms with Gasteiger partial charge in [0, 0.05) is 24.4 Å². The standard InChI is InChI=1S/C17H22N2O5/c1-2-23-16(21)10-15(20)19-13-6-3-5-12(9-13)17(22)18-11-14-7-4-8-24-14/h3,5-6,9,14H,2,4,7-8,10-11H2,1H3,(H,18,22)(H,19,20). The molecule has 24 heavy (non-hydrogen) atoms. The SMILES string of the molecule is CCOC(=O)CC(=O)Nc1cccc(C(=O)NCC2CCCO2)c1. The summed E-state index contributed by atoms with van der Waals surface area (Å²) in [6.45, 7) is 3.11. The topological polar surface area (TPSA) is 93.7 Å². The number of hydrogen-bond donors (Lipinski definition) is 2. The highest BCUT2D eigenvalue weighted by molar-refractivity contribution is 6.02. The Morgan fingerprint density at radius 2 is 2.17 bits per heavy atom. The number of carbonyl (C=O) groups is 3. The van der Waals surface area contributed by atoms with Crippen LogP contribution in [0.15, 0.2) is 24.3 Å². The Labute approximate surface area is 140 Å². The first-order chi connectivity index (χ1) is 11.6. The van der Waals surface area contributed by atoms with Gasteiger partial charge < -0.3 is 20.1 Å². The highest BCUT2D eigenvalue weighted by Crippen LogP contribution is 2.13. The molecule has 0 spiro atoms. The first kappa shape index (κ1) is 17.9. The van der Waals surface area contributed by atoms with Crippen LogP contribution in [0.4, 0.5) is 5.69 Å². The van der Waals surface area contributed by atoms with Crippen molar-refractivity contribution < 1.29 is 23.9 Å². The Balaban J connectivity index is 1.86. The zero-order valence-electron chi connectivity index (χ0n) is 13.7. The van der Waals surface area contributed by atoms with Crippen molar-refractivity contribution in [3.05, 3.63) is 29.8 Å². The molecule has 2 rings (SSSR count). The van der Waals surface area contributed by atoms with E-state index in [2.05, 4.69) is 10.6 Å². The molecule has 1 saturated heterocycles. The van der Waals surface area contributed by atoms with E-state index in [9.17, 15) is 14.4 Å². The molecule has 2 amide bonds. The number of benzene rings is 1. The van der Waals surface area contributed by atoms with Gasteiger partial charge in [-0.3, -0.25) is 14.4 Å². The van der Waals surface area contributed by atoms with E-state index >= 15 is 0 Å². The predicted octanol–water partition coefficient (Wildman–Crippen LogP) is 1.49. The van der Waals surface area contributed by atoms with Crippen molar-refractivity contribution in [2.75, 3.05) is 25.1 Å². The minimum Gasteiger partial charge on any atom is -0.466 e. The predicted molar refractivity (Wildman–Crippen MR) is 87.6 cm³/mol. The molecule has 130 valence electrons. The Morgan fingerprint density at radius 3 is 2.88 bits per heavy atom. The molecule has 1 unspecified atom stereocenters. The van der Waals surface area contributed by atoms with Crippen LogP contribution in [0, 0.1) is 0 Å². The molecule has 1 atom stereocenters. The van der Waals surface area contributed by atoms with Gasteiger partial charge in [0.2, 0.25) is 5.91 Å². The maximum atomic E-state index is 12.1. The van der Waals surface area contributed by atoms with Crippen molar-refractivity contribution >= 4 is 23.5 Å². The van der Waals surface area contributed by atoms with Gasteiger partial charge in [-0.25, -0.2) is 0 Å². The summed E-state index contributed by atoms with van der Waals surface area (Å²) >= 11 is 0. The second-order valence-electron chi connectivity index (χ2n) is 5.46. The fourth-order valence-electron chi connectivity index (χ4n) is 2.40. The number of amides is 2. The lowest BCUT2D eigenvalue weighted by molar-refractivity contribution is -0.145. The molecule has 1 aromatic rings. The summed E-state index contributed by atoms with van der Waals surface area (Å²) in [5, 5.41) is 5.40. The molecule has 7 heteroatoms. The van der Waals surface area contributed by atoms with Crippen molar-refractivity contribution in [1.29, 1.82) is 0 Å². The Hall–Kier alpha value is -2.41. The van der Waals surface area contributed by atoms with Gasteiger partial charge >= 0.3 is 5.97 Å². The number of hydrogen-bond acceptors (Lipinski definition) is 5. The van der Waals surface area contributed by atoms with Gasteiger partial charge in [-0.05, 0) is 38.0 Å². The third-order valence-corrected chi connectivity index (χ3v) is 3.53. The number of ether oxygens (including phenoxy) is 2. The molecule has 1 aliphatic heterocycles. The number of carbonyl (C=O) groups excluding carboxylic acids is 3. The molecule has 7 nitrogen and oxygen atoms in total. The monoisotopic (exact) mass is 334 g/mol. The number of anilines is 1. The zero-order chi connectivity index (χ0) is 17.4. The fourth-order valence-corrected chi connectivity index (χ4v) is 2.40. The molecule has 0 bridgehead atoms. The minimum absolute atomic E-state index is 0.0708. The zero-order valence-corrected chi connectivity index (χ0v) is 13.7. The van der Waals surface area contributed by atoms with E-state index in [1.54, 1.807) is 31.2 Å². The lowest BCUT2D eigenvalue weighted by atomic mass is 10.1. The number of rotatable bonds is 7. The normalized spacial score (nSPS) is 16.5. The third kappa shape index (κ3) is 5.66. The molecule has 1 fully saturated rings. The second kappa shape index (κ2) is 9.02. The lowest BCUT2D eigenvalue weighted by Gasteiger charge is -2.11. The summed E-state index contributed by atoms with van der Waals surface area (Å²) < 4.78 is 10.2. The van der Waals surface area contributed by atoms with Gasteiger partial charge in [-0.1, -0.05) is 6.07 Å². The second-order valence-corrected chi connectivity index (χ2v) is 5.46. The van der Waals surface area contributed by atoms with E-state index in [0.717, 1.165) is 19.4 Å². The number of nitrogens with one attached hydrogen (secondary N) is 2. The van der Waals surface area contributed by atoms with E-state index in [0.29, 0.717) is 17.8 Å². The molecular weight excluding hydrogens is 312 g/mol. The molecule has 0 radical (unpaired) electrons. The Bertz CT molecular complexity index is 596. The molecule has 1 aliphatic rings. The van der Waals surface area contributed by atoms with Crippen molar-refractivity contribution in [2.24, 2.45) is 0 Å². The first-order valence-electron chi connectivity index (χ1n) is 8.04. The lowest BCUT2D eigenvalue weighted by Crippen LogP contribution is -2.31. The van der Waals surface area contributed by atoms with Gasteiger partial charge in [-0.2, -0.15) is 0 Å². The maximum absolute atomic E-state index is 12.1. The van der Waals surface area contributed by atoms with Crippen molar-refractivity contribution in [2.45, 2.75) is 32.3 Å². The van der Waals surface area contributed by atoms with Crippen LogP contribution in [-0.2, 0) is 19.1 Å². The highest BCUT2D eigenvalue weighted by Gasteiger charge is 2.17. The van der Waals surface area contributed by atoms with Crippen LogP contribution in [0.2, 0.25) is 0 Å². The molecular formula is C17H22N2O5. The molecule has 1 heterocycles. The summed E-state index contributed by atoms with van der Waals surface area (Å²) in [5.41, 5.74) is 0.885. The average Bonchev–Trinajstić information content (AvgIpc) is 3.06. The molecule has 0 aliphatic carbocycles. The largest absolute Gasteiger partial charge is 0.466 e. The first-order valence-corrected chi connectivity index (χ1v) is 8.04. The molecule has 2 N–H and O–H groups in total. The van der Waals surface area contributed by atoms with Crippen LogP contribution >= 0.6 is 0 Å². The Kier molecular flexibility index (Phi) is 6.74. The van der Waals surface area contributed by atoms with Crippen LogP contribution in [0.3, 0.4) is 0 Å². The van der Waals surface area contributed by atoms with E-state index in [-0.39, 0.29) is 25.0 Å². The van der Waals surface area contributed by atoms with E-state index in [1.807, 2.05) is 0 Å². The van der Waals surface area contributed by atoms with Crippen LogP contribution in [0.5, 0.6) is 0 Å². The maximum Gasteiger partial charge on any atom is 0.315 e. The highest BCUT2D eigenvalue weighted by atomic mass is 16.5. The van der Waals surface area contributed by atoms with Gasteiger partial charge in [0.1, 0.15) is 6.42 Å². The van der Waals surface area contributed by atoms with Gasteiger partial charge in [0.15, 0.2) is 0 Å². The van der Waals surface area contributed by atoms with Gasteiger partial charge in [-0.15, -0.1) is 0 Å². The van der Waals surface area contributed by atoms with E-state index < -0.39 is 11.9 Å². The van der Waals surface area contributed by atoms with Crippen LogP contribution < -0.4 is 10.6 Å². The quantitative estimate of drug-likeness (QED) is 0.582. The third-order valence-electron chi connectivity index (χ3n) is 3.53. The average molecular weight is 334 g/mol. The summed E-state index contributed by atoms with van der Waals surface area (Å²) in [4.78, 5) is 35.2. The van der Waals surface area contributed by atoms with Crippen molar-refractivity contribution in [3.8, 4) is 0 Å². The molecule has 0 aromatic heterocycles. The Morgan fingerprint density at radius 1 is 1.33 bits per heavy atom. The molecule has 1 aromatic carbocycles. The summed E-state index contributed by atoms with van der Waals surface area (Å²) in [6, 6.07) is 6.54. The molecule has 0 saturated carbocycles. The van der Waals surface area contributed by atoms with Crippen LogP contribution in [-0.4, -0.2) is 43.6 Å². The van der Waals surface area contributed by atoms with Gasteiger partial charge in [0.25, 0.3) is 5.91 Å². The van der Waals surface area contributed by atoms with Crippen molar-refractivity contribution in [1.82, 2.24) is 5.32 Å². The van der Waals surface area contributed by atoms with Crippen LogP contribution in [0.25, 0.3) is 0 Å². The van der Waals surface area contributed by atoms with Crippen molar-refractivity contribution in [3.63, 3.8) is 0 Å². The van der Waals surface area contributed by atoms with E-state index in [4.69, 9.17) is 9.47 Å². The fraction of sp³-hybridized carbons (Fsp3) is 0.471. The summed E-state index contributed by atoms with van der Waals surface area (Å²) in [6.07, 6.45) is 1.68. The van der Waals surface area contributed by atoms with Gasteiger partial charge in [0.05, 0.1) is 12.7 Å². The summed E-state index contributed by atoms with van der Waals surface area (Å²) in [5.74, 6) is -1.29. The summed E-state index contributed by atoms with van der Waals surface area (Å²) in [7, 11) is 0. The van der Waals surface area contributed by atoms with Crippen LogP contribution in [0.1, 0.15) is 36.5 Å².